The lowest BCUT2D eigenvalue weighted by Gasteiger charge is -2.07. The molecule has 0 unspecified atom stereocenters. The lowest BCUT2D eigenvalue weighted by molar-refractivity contribution is 0.479. The van der Waals surface area contributed by atoms with Gasteiger partial charge in [-0.3, -0.25) is 0 Å². The molecule has 2 heterocycles. The second-order valence-corrected chi connectivity index (χ2v) is 4.96. The average molecular weight is 283 g/mol. The number of aryl methyl sites for hydroxylation is 2. The zero-order valence-electron chi connectivity index (χ0n) is 12.1. The van der Waals surface area contributed by atoms with Crippen molar-refractivity contribution in [3.63, 3.8) is 0 Å². The molecule has 2 aromatic heterocycles. The Morgan fingerprint density at radius 2 is 2.05 bits per heavy atom. The van der Waals surface area contributed by atoms with Gasteiger partial charge < -0.3 is 9.73 Å². The first kappa shape index (κ1) is 13.5. The molecule has 3 rings (SSSR count). The summed E-state index contributed by atoms with van der Waals surface area (Å²) in [6, 6.07) is 9.98. The van der Waals surface area contributed by atoms with Gasteiger partial charge in [-0.25, -0.2) is 0 Å². The minimum Gasteiger partial charge on any atom is -0.468 e. The molecule has 1 aromatic carbocycles. The first-order valence-electron chi connectivity index (χ1n) is 6.82. The molecule has 1 N–H and O–H groups in total. The van der Waals surface area contributed by atoms with Crippen molar-refractivity contribution in [2.75, 3.05) is 0 Å². The highest BCUT2D eigenvalue weighted by molar-refractivity contribution is 5.39. The fourth-order valence-corrected chi connectivity index (χ4v) is 2.08. The van der Waals surface area contributed by atoms with Gasteiger partial charge in [-0.05, 0) is 59.7 Å². The van der Waals surface area contributed by atoms with Crippen LogP contribution in [0.15, 0.2) is 41.0 Å². The Kier molecular flexibility index (Phi) is 3.79. The number of hydrogen-bond donors (Lipinski definition) is 1. The van der Waals surface area contributed by atoms with E-state index >= 15 is 0 Å². The molecule has 3 aromatic rings. The molecule has 21 heavy (non-hydrogen) atoms. The number of hydrogen-bond acceptors (Lipinski definition) is 5. The van der Waals surface area contributed by atoms with Crippen LogP contribution in [0, 0.1) is 13.8 Å². The number of furan rings is 1. The number of aromatic nitrogens is 4. The zero-order valence-corrected chi connectivity index (χ0v) is 12.1. The van der Waals surface area contributed by atoms with Crippen LogP contribution in [0.4, 0.5) is 0 Å². The molecule has 0 fully saturated rings. The topological polar surface area (TPSA) is 68.8 Å². The molecule has 0 amide bonds. The third-order valence-corrected chi connectivity index (χ3v) is 3.43. The fourth-order valence-electron chi connectivity index (χ4n) is 2.08. The Morgan fingerprint density at radius 1 is 1.14 bits per heavy atom. The van der Waals surface area contributed by atoms with Gasteiger partial charge >= 0.3 is 0 Å². The molecule has 6 heteroatoms. The Hall–Kier alpha value is -2.47. The van der Waals surface area contributed by atoms with E-state index in [1.54, 1.807) is 10.9 Å². The third kappa shape index (κ3) is 3.00. The van der Waals surface area contributed by atoms with Crippen molar-refractivity contribution in [3.05, 3.63) is 59.3 Å². The molecule has 108 valence electrons. The number of nitrogens with zero attached hydrogens (tertiary/aromatic N) is 4. The lowest BCUT2D eigenvalue weighted by atomic mass is 10.1. The van der Waals surface area contributed by atoms with Crippen LogP contribution < -0.4 is 5.32 Å². The first-order valence-corrected chi connectivity index (χ1v) is 6.82. The third-order valence-electron chi connectivity index (χ3n) is 3.43. The second kappa shape index (κ2) is 5.88. The Morgan fingerprint density at radius 3 is 2.81 bits per heavy atom. The van der Waals surface area contributed by atoms with E-state index in [0.717, 1.165) is 17.3 Å². The molecule has 0 atom stereocenters. The summed E-state index contributed by atoms with van der Waals surface area (Å²) in [5.74, 6) is 1.66. The summed E-state index contributed by atoms with van der Waals surface area (Å²) in [6.45, 7) is 5.38. The molecule has 0 aliphatic rings. The predicted molar refractivity (Wildman–Crippen MR) is 77.9 cm³/mol. The van der Waals surface area contributed by atoms with E-state index in [0.29, 0.717) is 13.1 Å². The highest BCUT2D eigenvalue weighted by Gasteiger charge is 2.09. The Balaban J connectivity index is 1.72. The number of nitrogens with one attached hydrogen (secondary N) is 1. The van der Waals surface area contributed by atoms with Crippen LogP contribution >= 0.6 is 0 Å². The van der Waals surface area contributed by atoms with Crippen LogP contribution in [0.25, 0.3) is 5.69 Å². The van der Waals surface area contributed by atoms with Gasteiger partial charge in [0.25, 0.3) is 0 Å². The fraction of sp³-hybridized carbons (Fsp3) is 0.267. The first-order chi connectivity index (χ1) is 10.2. The largest absolute Gasteiger partial charge is 0.468 e. The van der Waals surface area contributed by atoms with Gasteiger partial charge in [0.15, 0.2) is 5.82 Å². The number of tetrazole rings is 1. The molecule has 0 radical (unpaired) electrons. The standard InChI is InChI=1S/C15H17N5O/c1-11-5-6-13(8-12(11)2)20-15(17-18-19-20)10-16-9-14-4-3-7-21-14/h3-8,16H,9-10H2,1-2H3. The van der Waals surface area contributed by atoms with Crippen molar-refractivity contribution >= 4 is 0 Å². The van der Waals surface area contributed by atoms with Crippen molar-refractivity contribution in [2.45, 2.75) is 26.9 Å². The summed E-state index contributed by atoms with van der Waals surface area (Å²) in [5.41, 5.74) is 3.44. The van der Waals surface area contributed by atoms with Crippen LogP contribution in [0.5, 0.6) is 0 Å². The van der Waals surface area contributed by atoms with Gasteiger partial charge in [0.1, 0.15) is 5.76 Å². The maximum Gasteiger partial charge on any atom is 0.170 e. The van der Waals surface area contributed by atoms with Crippen LogP contribution in [0.2, 0.25) is 0 Å². The van der Waals surface area contributed by atoms with E-state index in [-0.39, 0.29) is 0 Å². The summed E-state index contributed by atoms with van der Waals surface area (Å²) >= 11 is 0. The van der Waals surface area contributed by atoms with E-state index in [1.807, 2.05) is 18.2 Å². The smallest absolute Gasteiger partial charge is 0.170 e. The van der Waals surface area contributed by atoms with Crippen LogP contribution in [0.1, 0.15) is 22.7 Å². The summed E-state index contributed by atoms with van der Waals surface area (Å²) in [7, 11) is 0. The van der Waals surface area contributed by atoms with Crippen LogP contribution in [0.3, 0.4) is 0 Å². The van der Waals surface area contributed by atoms with Crippen LogP contribution in [-0.4, -0.2) is 20.2 Å². The molecular weight excluding hydrogens is 266 g/mol. The monoisotopic (exact) mass is 283 g/mol. The predicted octanol–water partition coefficient (Wildman–Crippen LogP) is 2.16. The summed E-state index contributed by atoms with van der Waals surface area (Å²) in [6.07, 6.45) is 1.66. The molecular formula is C15H17N5O. The highest BCUT2D eigenvalue weighted by atomic mass is 16.3. The molecule has 0 aliphatic heterocycles. The molecule has 0 saturated carbocycles. The molecule has 0 bridgehead atoms. The summed E-state index contributed by atoms with van der Waals surface area (Å²) < 4.78 is 7.03. The van der Waals surface area contributed by atoms with Crippen molar-refractivity contribution in [1.82, 2.24) is 25.5 Å². The van der Waals surface area contributed by atoms with Gasteiger partial charge in [-0.15, -0.1) is 5.10 Å². The van der Waals surface area contributed by atoms with E-state index in [1.165, 1.54) is 11.1 Å². The molecule has 6 nitrogen and oxygen atoms in total. The summed E-state index contributed by atoms with van der Waals surface area (Å²) in [4.78, 5) is 0. The van der Waals surface area contributed by atoms with Crippen molar-refractivity contribution < 1.29 is 4.42 Å². The SMILES string of the molecule is Cc1ccc(-n2nnnc2CNCc2ccco2)cc1C. The maximum absolute atomic E-state index is 5.28. The minimum absolute atomic E-state index is 0.570. The van der Waals surface area contributed by atoms with Crippen molar-refractivity contribution in [3.8, 4) is 5.69 Å². The molecule has 0 aliphatic carbocycles. The number of benzene rings is 1. The van der Waals surface area contributed by atoms with E-state index in [2.05, 4.69) is 46.8 Å². The number of rotatable bonds is 5. The van der Waals surface area contributed by atoms with Crippen LogP contribution in [-0.2, 0) is 13.1 Å². The molecule has 0 spiro atoms. The maximum atomic E-state index is 5.28. The van der Waals surface area contributed by atoms with Crippen molar-refractivity contribution in [2.24, 2.45) is 0 Å². The summed E-state index contributed by atoms with van der Waals surface area (Å²) in [5, 5.41) is 15.2. The molecule has 0 saturated heterocycles. The van der Waals surface area contributed by atoms with Gasteiger partial charge in [-0.1, -0.05) is 6.07 Å². The normalized spacial score (nSPS) is 11.0. The van der Waals surface area contributed by atoms with Crippen molar-refractivity contribution in [1.29, 1.82) is 0 Å². The quantitative estimate of drug-likeness (QED) is 0.777. The zero-order chi connectivity index (χ0) is 14.7. The van der Waals surface area contributed by atoms with Gasteiger partial charge in [0.2, 0.25) is 0 Å². The highest BCUT2D eigenvalue weighted by Crippen LogP contribution is 2.14. The van der Waals surface area contributed by atoms with Gasteiger partial charge in [0, 0.05) is 0 Å². The van der Waals surface area contributed by atoms with Gasteiger partial charge in [0.05, 0.1) is 25.0 Å². The van der Waals surface area contributed by atoms with E-state index in [9.17, 15) is 0 Å². The van der Waals surface area contributed by atoms with E-state index in [4.69, 9.17) is 4.42 Å². The van der Waals surface area contributed by atoms with Gasteiger partial charge in [-0.2, -0.15) is 4.68 Å². The van der Waals surface area contributed by atoms with E-state index < -0.39 is 0 Å². The average Bonchev–Trinajstić information content (AvgIpc) is 3.13. The minimum atomic E-state index is 0.570. The Bertz CT molecular complexity index is 718. The second-order valence-electron chi connectivity index (χ2n) is 4.96. The Labute approximate surface area is 122 Å². The lowest BCUT2D eigenvalue weighted by Crippen LogP contribution is -2.16.